The number of carbonyl (C=O) groups is 1. The first-order valence-electron chi connectivity index (χ1n) is 6.68. The Balaban J connectivity index is 1.82. The highest BCUT2D eigenvalue weighted by atomic mass is 16.5. The van der Waals surface area contributed by atoms with Gasteiger partial charge in [-0.25, -0.2) is 0 Å². The molecule has 110 valence electrons. The van der Waals surface area contributed by atoms with Crippen molar-refractivity contribution in [2.24, 2.45) is 0 Å². The number of rotatable bonds is 7. The van der Waals surface area contributed by atoms with E-state index in [9.17, 15) is 4.79 Å². The van der Waals surface area contributed by atoms with Gasteiger partial charge in [-0.3, -0.25) is 9.78 Å². The molecule has 1 N–H and O–H groups in total. The quantitative estimate of drug-likeness (QED) is 0.791. The van der Waals surface area contributed by atoms with Crippen molar-refractivity contribution in [2.75, 3.05) is 20.3 Å². The van der Waals surface area contributed by atoms with Crippen LogP contribution in [0.1, 0.15) is 15.9 Å². The number of amides is 1. The summed E-state index contributed by atoms with van der Waals surface area (Å²) in [5.41, 5.74) is 1.61. The summed E-state index contributed by atoms with van der Waals surface area (Å²) in [6, 6.07) is 11.0. The van der Waals surface area contributed by atoms with Crippen molar-refractivity contribution in [1.29, 1.82) is 0 Å². The van der Waals surface area contributed by atoms with Crippen LogP contribution in [0.15, 0.2) is 48.8 Å². The van der Waals surface area contributed by atoms with E-state index < -0.39 is 0 Å². The van der Waals surface area contributed by atoms with Crippen LogP contribution in [0, 0.1) is 0 Å². The summed E-state index contributed by atoms with van der Waals surface area (Å²) in [6.07, 6.45) is 3.20. The lowest BCUT2D eigenvalue weighted by Gasteiger charge is -2.08. The van der Waals surface area contributed by atoms with E-state index in [0.29, 0.717) is 25.3 Å². The predicted octanol–water partition coefficient (Wildman–Crippen LogP) is 2.04. The Kier molecular flexibility index (Phi) is 5.72. The number of methoxy groups -OCH3 is 1. The minimum absolute atomic E-state index is 0.113. The average molecular weight is 286 g/mol. The van der Waals surface area contributed by atoms with Crippen LogP contribution in [-0.2, 0) is 11.3 Å². The van der Waals surface area contributed by atoms with Crippen molar-refractivity contribution in [3.63, 3.8) is 0 Å². The minimum atomic E-state index is -0.113. The van der Waals surface area contributed by atoms with Crippen LogP contribution in [0.25, 0.3) is 0 Å². The molecule has 0 spiro atoms. The van der Waals surface area contributed by atoms with Crippen LogP contribution in [0.2, 0.25) is 0 Å². The normalized spacial score (nSPS) is 10.1. The van der Waals surface area contributed by atoms with E-state index in [2.05, 4.69) is 10.3 Å². The highest BCUT2D eigenvalue weighted by Gasteiger charge is 2.04. The van der Waals surface area contributed by atoms with Crippen LogP contribution >= 0.6 is 0 Å². The monoisotopic (exact) mass is 286 g/mol. The molecule has 0 radical (unpaired) electrons. The minimum Gasteiger partial charge on any atom is -0.491 e. The van der Waals surface area contributed by atoms with E-state index in [4.69, 9.17) is 9.47 Å². The second-order valence-electron chi connectivity index (χ2n) is 4.40. The second kappa shape index (κ2) is 8.01. The lowest BCUT2D eigenvalue weighted by Crippen LogP contribution is -2.22. The van der Waals surface area contributed by atoms with Crippen molar-refractivity contribution in [3.05, 3.63) is 59.9 Å². The zero-order valence-corrected chi connectivity index (χ0v) is 11.9. The summed E-state index contributed by atoms with van der Waals surface area (Å²) in [7, 11) is 1.64. The molecule has 5 heteroatoms. The third-order valence-electron chi connectivity index (χ3n) is 2.88. The largest absolute Gasteiger partial charge is 0.491 e. The van der Waals surface area contributed by atoms with E-state index >= 15 is 0 Å². The molecule has 0 aliphatic carbocycles. The number of pyridine rings is 1. The summed E-state index contributed by atoms with van der Waals surface area (Å²) in [6.45, 7) is 1.55. The molecular weight excluding hydrogens is 268 g/mol. The maximum atomic E-state index is 11.9. The standard InChI is InChI=1S/C16H18N2O3/c1-20-10-11-21-15-4-2-13(3-5-15)12-18-16(19)14-6-8-17-9-7-14/h2-9H,10-12H2,1H3,(H,18,19). The van der Waals surface area contributed by atoms with Gasteiger partial charge in [0.25, 0.3) is 5.91 Å². The summed E-state index contributed by atoms with van der Waals surface area (Å²) in [4.78, 5) is 15.8. The number of hydrogen-bond donors (Lipinski definition) is 1. The zero-order valence-electron chi connectivity index (χ0n) is 11.9. The molecule has 1 aromatic heterocycles. The summed E-state index contributed by atoms with van der Waals surface area (Å²) >= 11 is 0. The number of benzene rings is 1. The van der Waals surface area contributed by atoms with Crippen molar-refractivity contribution in [1.82, 2.24) is 10.3 Å². The topological polar surface area (TPSA) is 60.5 Å². The molecule has 0 bridgehead atoms. The zero-order chi connectivity index (χ0) is 14.9. The Hall–Kier alpha value is -2.40. The van der Waals surface area contributed by atoms with Gasteiger partial charge in [0.15, 0.2) is 0 Å². The number of ether oxygens (including phenoxy) is 2. The van der Waals surface area contributed by atoms with Gasteiger partial charge in [-0.1, -0.05) is 12.1 Å². The molecule has 0 saturated carbocycles. The SMILES string of the molecule is COCCOc1ccc(CNC(=O)c2ccncc2)cc1. The first-order valence-corrected chi connectivity index (χ1v) is 6.68. The van der Waals surface area contributed by atoms with Crippen LogP contribution in [-0.4, -0.2) is 31.2 Å². The van der Waals surface area contributed by atoms with E-state index in [1.807, 2.05) is 24.3 Å². The Labute approximate surface area is 123 Å². The molecular formula is C16H18N2O3. The molecule has 1 aromatic carbocycles. The van der Waals surface area contributed by atoms with Gasteiger partial charge in [-0.05, 0) is 29.8 Å². The third kappa shape index (κ3) is 4.89. The molecule has 5 nitrogen and oxygen atoms in total. The molecule has 0 saturated heterocycles. The predicted molar refractivity (Wildman–Crippen MR) is 79.2 cm³/mol. The van der Waals surface area contributed by atoms with Crippen LogP contribution in [0.4, 0.5) is 0 Å². The van der Waals surface area contributed by atoms with Gasteiger partial charge in [-0.15, -0.1) is 0 Å². The van der Waals surface area contributed by atoms with Crippen molar-refractivity contribution >= 4 is 5.91 Å². The number of aromatic nitrogens is 1. The first-order chi connectivity index (χ1) is 10.3. The molecule has 21 heavy (non-hydrogen) atoms. The molecule has 1 heterocycles. The van der Waals surface area contributed by atoms with Gasteiger partial charge in [-0.2, -0.15) is 0 Å². The second-order valence-corrected chi connectivity index (χ2v) is 4.40. The maximum Gasteiger partial charge on any atom is 0.251 e. The van der Waals surface area contributed by atoms with Gasteiger partial charge < -0.3 is 14.8 Å². The maximum absolute atomic E-state index is 11.9. The summed E-state index contributed by atoms with van der Waals surface area (Å²) in [5.74, 6) is 0.675. The molecule has 0 atom stereocenters. The number of carbonyl (C=O) groups excluding carboxylic acids is 1. The summed E-state index contributed by atoms with van der Waals surface area (Å²) in [5, 5.41) is 2.86. The number of nitrogens with zero attached hydrogens (tertiary/aromatic N) is 1. The van der Waals surface area contributed by atoms with Crippen LogP contribution in [0.5, 0.6) is 5.75 Å². The molecule has 0 aliphatic heterocycles. The van der Waals surface area contributed by atoms with E-state index in [0.717, 1.165) is 11.3 Å². The Bertz CT molecular complexity index is 555. The molecule has 0 aliphatic rings. The van der Waals surface area contributed by atoms with E-state index in [1.54, 1.807) is 31.6 Å². The van der Waals surface area contributed by atoms with Gasteiger partial charge in [0.1, 0.15) is 12.4 Å². The first kappa shape index (κ1) is 15.0. The highest BCUT2D eigenvalue weighted by molar-refractivity contribution is 5.93. The third-order valence-corrected chi connectivity index (χ3v) is 2.88. The highest BCUT2D eigenvalue weighted by Crippen LogP contribution is 2.12. The fourth-order valence-corrected chi connectivity index (χ4v) is 1.73. The van der Waals surface area contributed by atoms with Crippen molar-refractivity contribution in [3.8, 4) is 5.75 Å². The summed E-state index contributed by atoms with van der Waals surface area (Å²) < 4.78 is 10.4. The number of hydrogen-bond acceptors (Lipinski definition) is 4. The van der Waals surface area contributed by atoms with Gasteiger partial charge in [0.05, 0.1) is 6.61 Å². The molecule has 1 amide bonds. The Morgan fingerprint density at radius 2 is 1.81 bits per heavy atom. The van der Waals surface area contributed by atoms with E-state index in [-0.39, 0.29) is 5.91 Å². The Morgan fingerprint density at radius 3 is 2.48 bits per heavy atom. The fourth-order valence-electron chi connectivity index (χ4n) is 1.73. The van der Waals surface area contributed by atoms with Gasteiger partial charge >= 0.3 is 0 Å². The van der Waals surface area contributed by atoms with Crippen molar-refractivity contribution < 1.29 is 14.3 Å². The van der Waals surface area contributed by atoms with Gasteiger partial charge in [0, 0.05) is 31.6 Å². The average Bonchev–Trinajstić information content (AvgIpc) is 2.55. The van der Waals surface area contributed by atoms with Crippen LogP contribution < -0.4 is 10.1 Å². The number of nitrogens with one attached hydrogen (secondary N) is 1. The molecule has 0 unspecified atom stereocenters. The lowest BCUT2D eigenvalue weighted by atomic mass is 10.2. The molecule has 2 aromatic rings. The van der Waals surface area contributed by atoms with Crippen LogP contribution in [0.3, 0.4) is 0 Å². The molecule has 0 fully saturated rings. The molecule has 2 rings (SSSR count). The van der Waals surface area contributed by atoms with Crippen molar-refractivity contribution in [2.45, 2.75) is 6.54 Å². The smallest absolute Gasteiger partial charge is 0.251 e. The fraction of sp³-hybridized carbons (Fsp3) is 0.250. The van der Waals surface area contributed by atoms with Gasteiger partial charge in [0.2, 0.25) is 0 Å². The van der Waals surface area contributed by atoms with E-state index in [1.165, 1.54) is 0 Å². The Morgan fingerprint density at radius 1 is 1.10 bits per heavy atom. The lowest BCUT2D eigenvalue weighted by molar-refractivity contribution is 0.0951.